The number of ether oxygens (including phenoxy) is 1. The molecule has 2 amide bonds. The number of amides is 2. The van der Waals surface area contributed by atoms with Crippen LogP contribution in [0, 0.1) is 0 Å². The highest BCUT2D eigenvalue weighted by Gasteiger charge is 2.13. The van der Waals surface area contributed by atoms with E-state index in [9.17, 15) is 14.7 Å². The van der Waals surface area contributed by atoms with E-state index in [0.717, 1.165) is 18.6 Å². The molecule has 0 saturated heterocycles. The van der Waals surface area contributed by atoms with E-state index in [1.165, 1.54) is 12.1 Å². The molecule has 6 nitrogen and oxygen atoms in total. The number of hydrogen-bond donors (Lipinski definition) is 3. The summed E-state index contributed by atoms with van der Waals surface area (Å²) in [6, 6.07) is 11.1. The molecule has 0 atom stereocenters. The maximum atomic E-state index is 12.1. The molecule has 0 unspecified atom stereocenters. The Labute approximate surface area is 154 Å². The monoisotopic (exact) mass is 406 g/mol. The lowest BCUT2D eigenvalue weighted by atomic mass is 10.2. The molecule has 0 fully saturated rings. The van der Waals surface area contributed by atoms with Crippen LogP contribution in [0.25, 0.3) is 0 Å². The number of unbranched alkanes of at least 4 members (excludes halogenated alkanes) is 1. The quantitative estimate of drug-likeness (QED) is 0.566. The molecule has 25 heavy (non-hydrogen) atoms. The van der Waals surface area contributed by atoms with Crippen molar-refractivity contribution < 1.29 is 19.4 Å². The van der Waals surface area contributed by atoms with Gasteiger partial charge in [-0.25, -0.2) is 9.59 Å². The summed E-state index contributed by atoms with van der Waals surface area (Å²) in [4.78, 5) is 23.3. The van der Waals surface area contributed by atoms with Crippen molar-refractivity contribution in [2.45, 2.75) is 19.8 Å². The van der Waals surface area contributed by atoms with Gasteiger partial charge < -0.3 is 20.5 Å². The molecule has 2 aromatic rings. The minimum Gasteiger partial charge on any atom is -0.494 e. The number of hydrogen-bond acceptors (Lipinski definition) is 3. The van der Waals surface area contributed by atoms with Gasteiger partial charge in [0.1, 0.15) is 5.75 Å². The topological polar surface area (TPSA) is 87.7 Å². The summed E-state index contributed by atoms with van der Waals surface area (Å²) in [6.45, 7) is 2.75. The van der Waals surface area contributed by atoms with Crippen LogP contribution < -0.4 is 15.4 Å². The zero-order valence-electron chi connectivity index (χ0n) is 13.7. The predicted octanol–water partition coefficient (Wildman–Crippen LogP) is 4.97. The molecule has 0 aromatic heterocycles. The van der Waals surface area contributed by atoms with Crippen LogP contribution in [0.3, 0.4) is 0 Å². The Morgan fingerprint density at radius 1 is 1.12 bits per heavy atom. The zero-order valence-corrected chi connectivity index (χ0v) is 15.3. The van der Waals surface area contributed by atoms with Crippen LogP contribution in [0.1, 0.15) is 30.1 Å². The standard InChI is InChI=1S/C18H19BrN2O4/c1-2-3-10-25-14-7-5-13(6-8-14)20-18(24)21-16-9-4-12(19)11-15(16)17(22)23/h4-9,11H,2-3,10H2,1H3,(H,22,23)(H2,20,21,24). The second-order valence-electron chi connectivity index (χ2n) is 5.30. The van der Waals surface area contributed by atoms with Crippen LogP contribution in [0.15, 0.2) is 46.9 Å². The van der Waals surface area contributed by atoms with Gasteiger partial charge in [0.05, 0.1) is 17.9 Å². The number of rotatable bonds is 7. The van der Waals surface area contributed by atoms with Gasteiger partial charge in [-0.2, -0.15) is 0 Å². The first-order valence-corrected chi connectivity index (χ1v) is 8.62. The molecule has 2 aromatic carbocycles. The van der Waals surface area contributed by atoms with Crippen LogP contribution in [0.4, 0.5) is 16.2 Å². The summed E-state index contributed by atoms with van der Waals surface area (Å²) < 4.78 is 6.18. The maximum Gasteiger partial charge on any atom is 0.337 e. The lowest BCUT2D eigenvalue weighted by Gasteiger charge is -2.11. The Hall–Kier alpha value is -2.54. The Morgan fingerprint density at radius 2 is 1.84 bits per heavy atom. The van der Waals surface area contributed by atoms with Crippen molar-refractivity contribution in [2.24, 2.45) is 0 Å². The smallest absolute Gasteiger partial charge is 0.337 e. The number of carboxylic acids is 1. The number of carbonyl (C=O) groups excluding carboxylic acids is 1. The number of urea groups is 1. The molecule has 7 heteroatoms. The first kappa shape index (κ1) is 18.8. The number of carboxylic acid groups (broad SMARTS) is 1. The third-order valence-corrected chi connectivity index (χ3v) is 3.83. The molecule has 0 heterocycles. The Balaban J connectivity index is 1.97. The summed E-state index contributed by atoms with van der Waals surface area (Å²) in [6.07, 6.45) is 2.05. The molecular weight excluding hydrogens is 388 g/mol. The Kier molecular flexibility index (Phi) is 6.82. The van der Waals surface area contributed by atoms with E-state index in [2.05, 4.69) is 33.5 Å². The maximum absolute atomic E-state index is 12.1. The summed E-state index contributed by atoms with van der Waals surface area (Å²) in [5, 5.41) is 14.4. The second kappa shape index (κ2) is 9.08. The van der Waals surface area contributed by atoms with E-state index >= 15 is 0 Å². The highest BCUT2D eigenvalue weighted by molar-refractivity contribution is 9.10. The van der Waals surface area contributed by atoms with Gasteiger partial charge in [0, 0.05) is 10.2 Å². The summed E-state index contributed by atoms with van der Waals surface area (Å²) in [5.74, 6) is -0.384. The van der Waals surface area contributed by atoms with Crippen molar-refractivity contribution in [3.05, 3.63) is 52.5 Å². The van der Waals surface area contributed by atoms with E-state index in [0.29, 0.717) is 16.8 Å². The number of nitrogens with one attached hydrogen (secondary N) is 2. The van der Waals surface area contributed by atoms with Gasteiger partial charge in [-0.1, -0.05) is 29.3 Å². The van der Waals surface area contributed by atoms with Gasteiger partial charge in [0.15, 0.2) is 0 Å². The van der Waals surface area contributed by atoms with Gasteiger partial charge in [0.25, 0.3) is 0 Å². The summed E-state index contributed by atoms with van der Waals surface area (Å²) in [7, 11) is 0. The molecule has 0 aliphatic heterocycles. The number of benzene rings is 2. The third kappa shape index (κ3) is 5.79. The molecule has 0 aliphatic carbocycles. The van der Waals surface area contributed by atoms with Crippen molar-refractivity contribution >= 4 is 39.3 Å². The van der Waals surface area contributed by atoms with E-state index in [1.807, 2.05) is 0 Å². The van der Waals surface area contributed by atoms with E-state index in [1.54, 1.807) is 30.3 Å². The van der Waals surface area contributed by atoms with Gasteiger partial charge >= 0.3 is 12.0 Å². The lowest BCUT2D eigenvalue weighted by Crippen LogP contribution is -2.21. The molecule has 0 saturated carbocycles. The molecule has 3 N–H and O–H groups in total. The Bertz CT molecular complexity index is 747. The molecule has 2 rings (SSSR count). The molecule has 132 valence electrons. The minimum atomic E-state index is -1.12. The normalized spacial score (nSPS) is 10.2. The minimum absolute atomic E-state index is 0.00389. The van der Waals surface area contributed by atoms with Crippen LogP contribution >= 0.6 is 15.9 Å². The van der Waals surface area contributed by atoms with E-state index in [-0.39, 0.29) is 11.3 Å². The van der Waals surface area contributed by atoms with Crippen molar-refractivity contribution in [1.82, 2.24) is 0 Å². The SMILES string of the molecule is CCCCOc1ccc(NC(=O)Nc2ccc(Br)cc2C(=O)O)cc1. The average molecular weight is 407 g/mol. The van der Waals surface area contributed by atoms with Crippen LogP contribution in [0.5, 0.6) is 5.75 Å². The van der Waals surface area contributed by atoms with Crippen LogP contribution in [-0.2, 0) is 0 Å². The van der Waals surface area contributed by atoms with E-state index in [4.69, 9.17) is 4.74 Å². The molecule has 0 spiro atoms. The van der Waals surface area contributed by atoms with Crippen molar-refractivity contribution in [3.8, 4) is 5.75 Å². The van der Waals surface area contributed by atoms with Gasteiger partial charge in [-0.3, -0.25) is 0 Å². The third-order valence-electron chi connectivity index (χ3n) is 3.34. The number of carbonyl (C=O) groups is 2. The first-order valence-electron chi connectivity index (χ1n) is 7.83. The fourth-order valence-corrected chi connectivity index (χ4v) is 2.42. The average Bonchev–Trinajstić information content (AvgIpc) is 2.58. The zero-order chi connectivity index (χ0) is 18.2. The van der Waals surface area contributed by atoms with Crippen LogP contribution in [-0.4, -0.2) is 23.7 Å². The second-order valence-corrected chi connectivity index (χ2v) is 6.22. The van der Waals surface area contributed by atoms with Crippen LogP contribution in [0.2, 0.25) is 0 Å². The Morgan fingerprint density at radius 3 is 2.48 bits per heavy atom. The fourth-order valence-electron chi connectivity index (χ4n) is 2.06. The highest BCUT2D eigenvalue weighted by atomic mass is 79.9. The predicted molar refractivity (Wildman–Crippen MR) is 101 cm³/mol. The van der Waals surface area contributed by atoms with Gasteiger partial charge in [-0.05, 0) is 48.9 Å². The number of halogens is 1. The molecular formula is C18H19BrN2O4. The molecule has 0 aliphatic rings. The summed E-state index contributed by atoms with van der Waals surface area (Å²) >= 11 is 3.21. The fraction of sp³-hybridized carbons (Fsp3) is 0.222. The largest absolute Gasteiger partial charge is 0.494 e. The van der Waals surface area contributed by atoms with Gasteiger partial charge in [0.2, 0.25) is 0 Å². The first-order chi connectivity index (χ1) is 12.0. The highest BCUT2D eigenvalue weighted by Crippen LogP contribution is 2.22. The summed E-state index contributed by atoms with van der Waals surface area (Å²) in [5.41, 5.74) is 0.797. The number of anilines is 2. The molecule has 0 radical (unpaired) electrons. The van der Waals surface area contributed by atoms with E-state index < -0.39 is 12.0 Å². The van der Waals surface area contributed by atoms with Crippen molar-refractivity contribution in [3.63, 3.8) is 0 Å². The molecule has 0 bridgehead atoms. The van der Waals surface area contributed by atoms with Crippen molar-refractivity contribution in [1.29, 1.82) is 0 Å². The van der Waals surface area contributed by atoms with Crippen molar-refractivity contribution in [2.75, 3.05) is 17.2 Å². The number of aromatic carboxylic acids is 1. The lowest BCUT2D eigenvalue weighted by molar-refractivity contribution is 0.0698. The van der Waals surface area contributed by atoms with Gasteiger partial charge in [-0.15, -0.1) is 0 Å².